The van der Waals surface area contributed by atoms with E-state index in [0.29, 0.717) is 25.8 Å². The predicted octanol–water partition coefficient (Wildman–Crippen LogP) is 3.38. The molecular weight excluding hydrogens is 410 g/mol. The molecule has 162 valence electrons. The maximum absolute atomic E-state index is 14.0. The number of nitrogens with zero attached hydrogens (tertiary/aromatic N) is 3. The number of carbonyl (C=O) groups excluding carboxylic acids is 2. The number of hydrogen-bond donors (Lipinski definition) is 0. The highest BCUT2D eigenvalue weighted by molar-refractivity contribution is 8.02. The lowest BCUT2D eigenvalue weighted by atomic mass is 10.0. The summed E-state index contributed by atoms with van der Waals surface area (Å²) in [6, 6.07) is 16.0. The number of carbonyl (C=O) groups is 2. The molecule has 2 aromatic rings. The standard InChI is InChI=1S/C24H27N3O3S/c1-17(2)18-7-9-19(10-8-18)27-22(28)15-31-24(27)20-5-3-4-6-21(20)26(23(24)29)16-25-11-13-30-14-12-25/h3-10,17H,11-16H2,1-2H3. The second kappa shape index (κ2) is 7.97. The molecule has 31 heavy (non-hydrogen) atoms. The fraction of sp³-hybridized carbons (Fsp3) is 0.417. The van der Waals surface area contributed by atoms with Gasteiger partial charge in [-0.25, -0.2) is 0 Å². The highest BCUT2D eigenvalue weighted by atomic mass is 32.2. The van der Waals surface area contributed by atoms with Crippen LogP contribution in [0.5, 0.6) is 0 Å². The van der Waals surface area contributed by atoms with E-state index in [1.807, 2.05) is 41.3 Å². The maximum atomic E-state index is 14.0. The number of rotatable bonds is 4. The van der Waals surface area contributed by atoms with Crippen LogP contribution >= 0.6 is 11.8 Å². The van der Waals surface area contributed by atoms with Crippen molar-refractivity contribution < 1.29 is 14.3 Å². The van der Waals surface area contributed by atoms with E-state index in [-0.39, 0.29) is 17.6 Å². The Bertz CT molecular complexity index is 1000. The monoisotopic (exact) mass is 437 g/mol. The molecule has 2 amide bonds. The van der Waals surface area contributed by atoms with Crippen LogP contribution in [0.25, 0.3) is 0 Å². The zero-order chi connectivity index (χ0) is 21.6. The molecule has 0 saturated carbocycles. The minimum absolute atomic E-state index is 0.0290. The number of benzene rings is 2. The number of morpholine rings is 1. The summed E-state index contributed by atoms with van der Waals surface area (Å²) >= 11 is 1.43. The van der Waals surface area contributed by atoms with Crippen molar-refractivity contribution in [1.29, 1.82) is 0 Å². The van der Waals surface area contributed by atoms with Gasteiger partial charge >= 0.3 is 0 Å². The van der Waals surface area contributed by atoms with Crippen LogP contribution in [-0.2, 0) is 19.2 Å². The fourth-order valence-corrected chi connectivity index (χ4v) is 6.01. The lowest BCUT2D eigenvalue weighted by Crippen LogP contribution is -2.52. The molecule has 0 aliphatic carbocycles. The van der Waals surface area contributed by atoms with Gasteiger partial charge in [-0.2, -0.15) is 0 Å². The first kappa shape index (κ1) is 20.5. The highest BCUT2D eigenvalue weighted by Gasteiger charge is 2.61. The second-order valence-corrected chi connectivity index (χ2v) is 9.70. The average Bonchev–Trinajstić information content (AvgIpc) is 3.26. The molecule has 3 aliphatic heterocycles. The first-order valence-corrected chi connectivity index (χ1v) is 11.8. The van der Waals surface area contributed by atoms with Gasteiger partial charge in [-0.15, -0.1) is 11.8 Å². The first-order valence-electron chi connectivity index (χ1n) is 10.8. The molecule has 7 heteroatoms. The van der Waals surface area contributed by atoms with E-state index in [4.69, 9.17) is 4.74 Å². The van der Waals surface area contributed by atoms with Crippen LogP contribution in [0.2, 0.25) is 0 Å². The Morgan fingerprint density at radius 2 is 1.74 bits per heavy atom. The summed E-state index contributed by atoms with van der Waals surface area (Å²) in [4.78, 5) is 31.9. The van der Waals surface area contributed by atoms with Gasteiger partial charge in [-0.3, -0.25) is 24.3 Å². The predicted molar refractivity (Wildman–Crippen MR) is 123 cm³/mol. The summed E-state index contributed by atoms with van der Waals surface area (Å²) in [6.07, 6.45) is 0. The van der Waals surface area contributed by atoms with Gasteiger partial charge in [0.2, 0.25) is 10.8 Å². The third-order valence-electron chi connectivity index (χ3n) is 6.33. The van der Waals surface area contributed by atoms with Crippen molar-refractivity contribution >= 4 is 35.0 Å². The Balaban J connectivity index is 1.56. The lowest BCUT2D eigenvalue weighted by Gasteiger charge is -2.35. The van der Waals surface area contributed by atoms with E-state index >= 15 is 0 Å². The van der Waals surface area contributed by atoms with Gasteiger partial charge in [0.05, 0.1) is 31.3 Å². The SMILES string of the molecule is CC(C)c1ccc(N2C(=O)CSC23C(=O)N(CN2CCOCC2)c2ccccc23)cc1. The van der Waals surface area contributed by atoms with Crippen LogP contribution in [0, 0.1) is 0 Å². The van der Waals surface area contributed by atoms with Crippen molar-refractivity contribution in [3.63, 3.8) is 0 Å². The number of anilines is 2. The molecule has 1 spiro atoms. The molecule has 1 atom stereocenters. The van der Waals surface area contributed by atoms with Gasteiger partial charge in [0.15, 0.2) is 0 Å². The third kappa shape index (κ3) is 3.26. The highest BCUT2D eigenvalue weighted by Crippen LogP contribution is 2.55. The largest absolute Gasteiger partial charge is 0.379 e. The molecule has 2 fully saturated rings. The molecule has 0 aromatic heterocycles. The van der Waals surface area contributed by atoms with Gasteiger partial charge in [0, 0.05) is 24.3 Å². The molecule has 6 nitrogen and oxygen atoms in total. The van der Waals surface area contributed by atoms with Gasteiger partial charge in [-0.05, 0) is 29.7 Å². The summed E-state index contributed by atoms with van der Waals surface area (Å²) < 4.78 is 5.47. The number of para-hydroxylation sites is 1. The Labute approximate surface area is 187 Å². The summed E-state index contributed by atoms with van der Waals surface area (Å²) in [5.74, 6) is 0.629. The minimum Gasteiger partial charge on any atom is -0.379 e. The Kier molecular flexibility index (Phi) is 5.28. The molecule has 2 aromatic carbocycles. The fourth-order valence-electron chi connectivity index (χ4n) is 4.65. The second-order valence-electron chi connectivity index (χ2n) is 8.53. The van der Waals surface area contributed by atoms with Crippen LogP contribution in [0.15, 0.2) is 48.5 Å². The quantitative estimate of drug-likeness (QED) is 0.734. The molecule has 2 saturated heterocycles. The van der Waals surface area contributed by atoms with Gasteiger partial charge < -0.3 is 4.74 Å². The van der Waals surface area contributed by atoms with Crippen molar-refractivity contribution in [1.82, 2.24) is 4.90 Å². The van der Waals surface area contributed by atoms with Gasteiger partial charge in [0.1, 0.15) is 0 Å². The van der Waals surface area contributed by atoms with E-state index in [1.54, 1.807) is 4.90 Å². The van der Waals surface area contributed by atoms with Gasteiger partial charge in [0.25, 0.3) is 5.91 Å². The van der Waals surface area contributed by atoms with E-state index in [2.05, 4.69) is 30.9 Å². The summed E-state index contributed by atoms with van der Waals surface area (Å²) in [7, 11) is 0. The third-order valence-corrected chi connectivity index (χ3v) is 7.71. The zero-order valence-corrected chi connectivity index (χ0v) is 18.7. The minimum atomic E-state index is -1.04. The number of amides is 2. The maximum Gasteiger partial charge on any atom is 0.269 e. The van der Waals surface area contributed by atoms with Gasteiger partial charge in [-0.1, -0.05) is 44.2 Å². The van der Waals surface area contributed by atoms with E-state index < -0.39 is 4.87 Å². The Morgan fingerprint density at radius 3 is 2.45 bits per heavy atom. The summed E-state index contributed by atoms with van der Waals surface area (Å²) in [5, 5.41) is 0. The van der Waals surface area contributed by atoms with Crippen molar-refractivity contribution in [2.75, 3.05) is 48.5 Å². The van der Waals surface area contributed by atoms with E-state index in [9.17, 15) is 9.59 Å². The molecule has 0 bridgehead atoms. The summed E-state index contributed by atoms with van der Waals surface area (Å²) in [5.41, 5.74) is 3.78. The average molecular weight is 438 g/mol. The topological polar surface area (TPSA) is 53.1 Å². The number of hydrogen-bond acceptors (Lipinski definition) is 5. The van der Waals surface area contributed by atoms with E-state index in [0.717, 1.165) is 30.0 Å². The summed E-state index contributed by atoms with van der Waals surface area (Å²) in [6.45, 7) is 7.75. The van der Waals surface area contributed by atoms with Crippen LogP contribution in [0.4, 0.5) is 11.4 Å². The number of ether oxygens (including phenoxy) is 1. The lowest BCUT2D eigenvalue weighted by molar-refractivity contribution is -0.124. The van der Waals surface area contributed by atoms with Crippen molar-refractivity contribution in [3.8, 4) is 0 Å². The van der Waals surface area contributed by atoms with Crippen LogP contribution < -0.4 is 9.80 Å². The molecular formula is C24H27N3O3S. The Morgan fingerprint density at radius 1 is 1.03 bits per heavy atom. The normalized spacial score (nSPS) is 24.0. The first-order chi connectivity index (χ1) is 15.0. The molecule has 5 rings (SSSR count). The Hall–Kier alpha value is -2.35. The van der Waals surface area contributed by atoms with Crippen molar-refractivity contribution in [2.45, 2.75) is 24.6 Å². The number of thioether (sulfide) groups is 1. The molecule has 1 unspecified atom stereocenters. The molecule has 0 radical (unpaired) electrons. The molecule has 3 heterocycles. The van der Waals surface area contributed by atoms with E-state index in [1.165, 1.54) is 17.3 Å². The van der Waals surface area contributed by atoms with Crippen molar-refractivity contribution in [2.24, 2.45) is 0 Å². The zero-order valence-electron chi connectivity index (χ0n) is 17.9. The van der Waals surface area contributed by atoms with Crippen molar-refractivity contribution in [3.05, 3.63) is 59.7 Å². The smallest absolute Gasteiger partial charge is 0.269 e. The molecule has 0 N–H and O–H groups in total. The molecule has 3 aliphatic rings. The van der Waals surface area contributed by atoms with Crippen LogP contribution in [0.3, 0.4) is 0 Å². The number of fused-ring (bicyclic) bond motifs is 2. The van der Waals surface area contributed by atoms with Crippen LogP contribution in [0.1, 0.15) is 30.9 Å². The van der Waals surface area contributed by atoms with Crippen LogP contribution in [-0.4, -0.2) is 55.4 Å².